The van der Waals surface area contributed by atoms with Gasteiger partial charge in [-0.3, -0.25) is 4.79 Å². The van der Waals surface area contributed by atoms with E-state index in [1.165, 1.54) is 0 Å². The molecule has 7 heteroatoms. The number of nitrogens with zero attached hydrogens (tertiary/aromatic N) is 1. The third-order valence-corrected chi connectivity index (χ3v) is 3.98. The number of carbonyl (C=O) groups is 1. The van der Waals surface area contributed by atoms with Crippen LogP contribution < -0.4 is 4.74 Å². The topological polar surface area (TPSA) is 93.5 Å². The van der Waals surface area contributed by atoms with Gasteiger partial charge in [-0.05, 0) is 24.6 Å². The molecule has 6 nitrogen and oxygen atoms in total. The molecule has 0 aliphatic carbocycles. The van der Waals surface area contributed by atoms with Gasteiger partial charge in [-0.15, -0.1) is 0 Å². The maximum absolute atomic E-state index is 11.6. The molecule has 0 heterocycles. The Kier molecular flexibility index (Phi) is 6.69. The molecule has 1 aromatic rings. The van der Waals surface area contributed by atoms with E-state index in [1.54, 1.807) is 31.2 Å². The van der Waals surface area contributed by atoms with E-state index in [0.717, 1.165) is 5.56 Å². The van der Waals surface area contributed by atoms with Gasteiger partial charge in [-0.1, -0.05) is 12.1 Å². The summed E-state index contributed by atoms with van der Waals surface area (Å²) in [6, 6.07) is 8.86. The number of benzene rings is 1. The highest BCUT2D eigenvalue weighted by Gasteiger charge is 2.17. The molecule has 0 saturated carbocycles. The second-order valence-corrected chi connectivity index (χ2v) is 6.41. The van der Waals surface area contributed by atoms with Crippen molar-refractivity contribution in [1.29, 1.82) is 5.26 Å². The van der Waals surface area contributed by atoms with Crippen LogP contribution in [0.1, 0.15) is 12.5 Å². The first-order valence-electron chi connectivity index (χ1n) is 6.41. The first-order valence-corrected chi connectivity index (χ1v) is 8.23. The summed E-state index contributed by atoms with van der Waals surface area (Å²) in [6.07, 6.45) is 0.314. The van der Waals surface area contributed by atoms with Gasteiger partial charge in [0.15, 0.2) is 9.84 Å². The molecule has 0 atom stereocenters. The molecule has 1 aromatic carbocycles. The lowest BCUT2D eigenvalue weighted by molar-refractivity contribution is -0.139. The van der Waals surface area contributed by atoms with Gasteiger partial charge in [0.2, 0.25) is 0 Å². The molecule has 0 aliphatic rings. The van der Waals surface area contributed by atoms with E-state index in [4.69, 9.17) is 10.00 Å². The van der Waals surface area contributed by atoms with Gasteiger partial charge in [0, 0.05) is 0 Å². The highest BCUT2D eigenvalue weighted by molar-refractivity contribution is 7.92. The van der Waals surface area contributed by atoms with Crippen LogP contribution in [0.2, 0.25) is 0 Å². The molecule has 0 aliphatic heterocycles. The number of hydrogen-bond acceptors (Lipinski definition) is 6. The predicted octanol–water partition coefficient (Wildman–Crippen LogP) is 1.11. The number of rotatable bonds is 8. The van der Waals surface area contributed by atoms with Crippen LogP contribution in [-0.2, 0) is 25.8 Å². The fraction of sp³-hybridized carbons (Fsp3) is 0.429. The number of hydrogen-bond donors (Lipinski definition) is 0. The van der Waals surface area contributed by atoms with Gasteiger partial charge in [0.05, 0.1) is 24.8 Å². The minimum absolute atomic E-state index is 0.0423. The SMILES string of the molecule is CCOC(=O)CS(=O)(=O)CCOc1ccc(CC#N)cc1. The fourth-order valence-corrected chi connectivity index (χ4v) is 2.46. The van der Waals surface area contributed by atoms with Gasteiger partial charge in [-0.25, -0.2) is 8.42 Å². The highest BCUT2D eigenvalue weighted by Crippen LogP contribution is 2.12. The average Bonchev–Trinajstić information content (AvgIpc) is 2.40. The van der Waals surface area contributed by atoms with E-state index in [-0.39, 0.29) is 19.0 Å². The summed E-state index contributed by atoms with van der Waals surface area (Å²) >= 11 is 0. The van der Waals surface area contributed by atoms with E-state index in [2.05, 4.69) is 4.74 Å². The third-order valence-electron chi connectivity index (χ3n) is 2.51. The van der Waals surface area contributed by atoms with Crippen molar-refractivity contribution >= 4 is 15.8 Å². The van der Waals surface area contributed by atoms with Gasteiger partial charge in [-0.2, -0.15) is 5.26 Å². The largest absolute Gasteiger partial charge is 0.493 e. The standard InChI is InChI=1S/C14H17NO5S/c1-2-19-14(16)11-21(17,18)10-9-20-13-5-3-12(4-6-13)7-8-15/h3-6H,2,7,9-11H2,1H3. The Morgan fingerprint density at radius 3 is 2.52 bits per heavy atom. The molecule has 21 heavy (non-hydrogen) atoms. The molecule has 0 bridgehead atoms. The van der Waals surface area contributed by atoms with Crippen molar-refractivity contribution in [3.8, 4) is 11.8 Å². The summed E-state index contributed by atoms with van der Waals surface area (Å²) < 4.78 is 33.2. The van der Waals surface area contributed by atoms with Crippen LogP contribution in [0.4, 0.5) is 0 Å². The molecular weight excluding hydrogens is 294 g/mol. The molecular formula is C14H17NO5S. The Morgan fingerprint density at radius 2 is 1.95 bits per heavy atom. The van der Waals surface area contributed by atoms with Crippen LogP contribution >= 0.6 is 0 Å². The zero-order valence-electron chi connectivity index (χ0n) is 11.7. The number of carbonyl (C=O) groups excluding carboxylic acids is 1. The molecule has 0 aromatic heterocycles. The summed E-state index contributed by atoms with van der Waals surface area (Å²) in [5.41, 5.74) is 0.861. The number of ether oxygens (including phenoxy) is 2. The van der Waals surface area contributed by atoms with Crippen molar-refractivity contribution in [2.45, 2.75) is 13.3 Å². The Labute approximate surface area is 124 Å². The molecule has 0 radical (unpaired) electrons. The Bertz CT molecular complexity index is 601. The van der Waals surface area contributed by atoms with Crippen LogP contribution in [0, 0.1) is 11.3 Å². The molecule has 0 N–H and O–H groups in total. The smallest absolute Gasteiger partial charge is 0.321 e. The van der Waals surface area contributed by atoms with Crippen LogP contribution in [0.3, 0.4) is 0 Å². The van der Waals surface area contributed by atoms with Crippen molar-refractivity contribution < 1.29 is 22.7 Å². The first kappa shape index (κ1) is 17.0. The monoisotopic (exact) mass is 311 g/mol. The van der Waals surface area contributed by atoms with Crippen molar-refractivity contribution in [2.24, 2.45) is 0 Å². The summed E-state index contributed by atoms with van der Waals surface area (Å²) in [6.45, 7) is 1.73. The molecule has 0 spiro atoms. The Morgan fingerprint density at radius 1 is 1.29 bits per heavy atom. The predicted molar refractivity (Wildman–Crippen MR) is 76.5 cm³/mol. The zero-order valence-corrected chi connectivity index (χ0v) is 12.6. The van der Waals surface area contributed by atoms with E-state index < -0.39 is 21.6 Å². The van der Waals surface area contributed by atoms with Crippen molar-refractivity contribution in [1.82, 2.24) is 0 Å². The van der Waals surface area contributed by atoms with Crippen molar-refractivity contribution in [3.05, 3.63) is 29.8 Å². The molecule has 0 saturated heterocycles. The third kappa shape index (κ3) is 6.77. The van der Waals surface area contributed by atoms with Crippen molar-refractivity contribution in [2.75, 3.05) is 24.7 Å². The second kappa shape index (κ2) is 8.27. The first-order chi connectivity index (χ1) is 9.96. The number of esters is 1. The van der Waals surface area contributed by atoms with Crippen molar-refractivity contribution in [3.63, 3.8) is 0 Å². The van der Waals surface area contributed by atoms with E-state index in [1.807, 2.05) is 6.07 Å². The van der Waals surface area contributed by atoms with Crippen LogP contribution in [0.5, 0.6) is 5.75 Å². The fourth-order valence-electron chi connectivity index (χ4n) is 1.54. The Balaban J connectivity index is 2.42. The minimum atomic E-state index is -3.53. The lowest BCUT2D eigenvalue weighted by Crippen LogP contribution is -2.23. The summed E-state index contributed by atoms with van der Waals surface area (Å²) in [5.74, 6) is -1.13. The summed E-state index contributed by atoms with van der Waals surface area (Å²) in [4.78, 5) is 11.1. The maximum Gasteiger partial charge on any atom is 0.321 e. The summed E-state index contributed by atoms with van der Waals surface area (Å²) in [5, 5.41) is 8.54. The van der Waals surface area contributed by atoms with Gasteiger partial charge >= 0.3 is 5.97 Å². The van der Waals surface area contributed by atoms with Gasteiger partial charge in [0.25, 0.3) is 0 Å². The summed E-state index contributed by atoms with van der Waals surface area (Å²) in [7, 11) is -3.53. The average molecular weight is 311 g/mol. The second-order valence-electron chi connectivity index (χ2n) is 4.22. The molecule has 0 unspecified atom stereocenters. The highest BCUT2D eigenvalue weighted by atomic mass is 32.2. The number of nitriles is 1. The van der Waals surface area contributed by atoms with Crippen LogP contribution in [-0.4, -0.2) is 39.1 Å². The molecule has 114 valence electrons. The quantitative estimate of drug-likeness (QED) is 0.668. The molecule has 0 amide bonds. The normalized spacial score (nSPS) is 10.7. The van der Waals surface area contributed by atoms with E-state index >= 15 is 0 Å². The minimum Gasteiger partial charge on any atom is -0.493 e. The lowest BCUT2D eigenvalue weighted by atomic mass is 10.2. The maximum atomic E-state index is 11.6. The van der Waals surface area contributed by atoms with Crippen LogP contribution in [0.15, 0.2) is 24.3 Å². The van der Waals surface area contributed by atoms with Gasteiger partial charge < -0.3 is 9.47 Å². The van der Waals surface area contributed by atoms with E-state index in [9.17, 15) is 13.2 Å². The van der Waals surface area contributed by atoms with Crippen LogP contribution in [0.25, 0.3) is 0 Å². The van der Waals surface area contributed by atoms with E-state index in [0.29, 0.717) is 12.2 Å². The van der Waals surface area contributed by atoms with Gasteiger partial charge in [0.1, 0.15) is 18.1 Å². The Hall–Kier alpha value is -2.07. The molecule has 1 rings (SSSR count). The number of sulfone groups is 1. The zero-order chi connectivity index (χ0) is 15.7. The lowest BCUT2D eigenvalue weighted by Gasteiger charge is -2.07. The molecule has 0 fully saturated rings.